The topological polar surface area (TPSA) is 12.0 Å². The number of rotatable bonds is 6. The molecule has 0 aliphatic heterocycles. The summed E-state index contributed by atoms with van der Waals surface area (Å²) in [6.45, 7) is 2.21. The van der Waals surface area contributed by atoms with Crippen LogP contribution >= 0.6 is 23.5 Å². The summed E-state index contributed by atoms with van der Waals surface area (Å²) in [7, 11) is 2.01. The van der Waals surface area contributed by atoms with E-state index in [-0.39, 0.29) is 0 Å². The molecular weight excluding hydrogens is 162 g/mol. The second kappa shape index (κ2) is 7.76. The van der Waals surface area contributed by atoms with Crippen molar-refractivity contribution in [1.82, 2.24) is 5.32 Å². The van der Waals surface area contributed by atoms with Crippen LogP contribution in [0.25, 0.3) is 0 Å². The molecule has 0 bridgehead atoms. The lowest BCUT2D eigenvalue weighted by Gasteiger charge is -2.07. The van der Waals surface area contributed by atoms with Crippen LogP contribution in [0.5, 0.6) is 0 Å². The fraction of sp³-hybridized carbons (Fsp3) is 1.00. The van der Waals surface area contributed by atoms with E-state index < -0.39 is 0 Å². The third-order valence-corrected chi connectivity index (χ3v) is 3.39. The molecule has 0 aliphatic carbocycles. The Morgan fingerprint density at radius 3 is 2.60 bits per heavy atom. The predicted molar refractivity (Wildman–Crippen MR) is 54.2 cm³/mol. The van der Waals surface area contributed by atoms with E-state index in [1.165, 1.54) is 17.3 Å². The standard InChI is InChI=1S/C7H17NS2/c1-7(8-2)6-10-5-4-9-3/h7-8H,4-6H2,1-3H3. The largest absolute Gasteiger partial charge is 0.316 e. The summed E-state index contributed by atoms with van der Waals surface area (Å²) in [4.78, 5) is 0. The van der Waals surface area contributed by atoms with Gasteiger partial charge in [-0.2, -0.15) is 23.5 Å². The van der Waals surface area contributed by atoms with Crippen LogP contribution in [0.1, 0.15) is 6.92 Å². The van der Waals surface area contributed by atoms with Crippen LogP contribution in [0.4, 0.5) is 0 Å². The van der Waals surface area contributed by atoms with Crippen LogP contribution in [0.3, 0.4) is 0 Å². The highest BCUT2D eigenvalue weighted by atomic mass is 32.2. The van der Waals surface area contributed by atoms with Crippen molar-refractivity contribution < 1.29 is 0 Å². The molecule has 1 nitrogen and oxygen atoms in total. The minimum absolute atomic E-state index is 0.659. The zero-order chi connectivity index (χ0) is 7.82. The highest BCUT2D eigenvalue weighted by Gasteiger charge is 1.95. The minimum Gasteiger partial charge on any atom is -0.316 e. The zero-order valence-corrected chi connectivity index (χ0v) is 8.65. The minimum atomic E-state index is 0.659. The Bertz CT molecular complexity index is 68.6. The third kappa shape index (κ3) is 6.78. The number of hydrogen-bond acceptors (Lipinski definition) is 3. The first kappa shape index (κ1) is 10.7. The Morgan fingerprint density at radius 1 is 1.40 bits per heavy atom. The smallest absolute Gasteiger partial charge is 0.0126 e. The maximum Gasteiger partial charge on any atom is 0.0126 e. The van der Waals surface area contributed by atoms with E-state index in [4.69, 9.17) is 0 Å². The zero-order valence-electron chi connectivity index (χ0n) is 7.02. The van der Waals surface area contributed by atoms with Crippen LogP contribution in [0.15, 0.2) is 0 Å². The summed E-state index contributed by atoms with van der Waals surface area (Å²) in [5.41, 5.74) is 0. The molecule has 0 saturated heterocycles. The molecule has 1 atom stereocenters. The summed E-state index contributed by atoms with van der Waals surface area (Å²) in [5, 5.41) is 3.21. The first-order valence-electron chi connectivity index (χ1n) is 3.55. The fourth-order valence-electron chi connectivity index (χ4n) is 0.486. The van der Waals surface area contributed by atoms with Gasteiger partial charge in [-0.05, 0) is 20.2 Å². The van der Waals surface area contributed by atoms with Crippen molar-refractivity contribution in [2.24, 2.45) is 0 Å². The molecule has 0 aromatic carbocycles. The molecule has 62 valence electrons. The van der Waals surface area contributed by atoms with Gasteiger partial charge >= 0.3 is 0 Å². The van der Waals surface area contributed by atoms with Crippen molar-refractivity contribution in [3.63, 3.8) is 0 Å². The Labute approximate surface area is 72.7 Å². The SMILES string of the molecule is CNC(C)CSCCSC. The fourth-order valence-corrected chi connectivity index (χ4v) is 2.31. The Balaban J connectivity index is 2.89. The molecule has 0 spiro atoms. The van der Waals surface area contributed by atoms with Crippen LogP contribution in [-0.2, 0) is 0 Å². The first-order valence-corrected chi connectivity index (χ1v) is 6.10. The van der Waals surface area contributed by atoms with Crippen molar-refractivity contribution in [2.75, 3.05) is 30.6 Å². The van der Waals surface area contributed by atoms with E-state index >= 15 is 0 Å². The summed E-state index contributed by atoms with van der Waals surface area (Å²) in [6, 6.07) is 0.659. The van der Waals surface area contributed by atoms with Gasteiger partial charge in [0.05, 0.1) is 0 Å². The predicted octanol–water partition coefficient (Wildman–Crippen LogP) is 1.69. The molecule has 10 heavy (non-hydrogen) atoms. The molecule has 0 rings (SSSR count). The van der Waals surface area contributed by atoms with Gasteiger partial charge in [-0.15, -0.1) is 0 Å². The van der Waals surface area contributed by atoms with Gasteiger partial charge in [0.2, 0.25) is 0 Å². The van der Waals surface area contributed by atoms with Crippen LogP contribution in [-0.4, -0.2) is 36.6 Å². The van der Waals surface area contributed by atoms with Crippen molar-refractivity contribution in [3.05, 3.63) is 0 Å². The average Bonchev–Trinajstić information content (AvgIpc) is 1.98. The second-order valence-electron chi connectivity index (χ2n) is 2.26. The van der Waals surface area contributed by atoms with Crippen molar-refractivity contribution in [2.45, 2.75) is 13.0 Å². The molecule has 0 amide bonds. The van der Waals surface area contributed by atoms with E-state index in [0.29, 0.717) is 6.04 Å². The molecular formula is C7H17NS2. The van der Waals surface area contributed by atoms with Crippen molar-refractivity contribution in [1.29, 1.82) is 0 Å². The lowest BCUT2D eigenvalue weighted by atomic mass is 10.4. The number of nitrogens with one attached hydrogen (secondary N) is 1. The summed E-state index contributed by atoms with van der Waals surface area (Å²) >= 11 is 3.95. The normalized spacial score (nSPS) is 13.5. The van der Waals surface area contributed by atoms with Crippen LogP contribution < -0.4 is 5.32 Å². The van der Waals surface area contributed by atoms with Gasteiger partial charge in [-0.1, -0.05) is 0 Å². The molecule has 0 aromatic rings. The molecule has 0 heterocycles. The molecule has 0 radical (unpaired) electrons. The Morgan fingerprint density at radius 2 is 2.10 bits per heavy atom. The van der Waals surface area contributed by atoms with E-state index in [0.717, 1.165) is 0 Å². The molecule has 0 saturated carbocycles. The third-order valence-electron chi connectivity index (χ3n) is 1.29. The highest BCUT2D eigenvalue weighted by Crippen LogP contribution is 2.05. The van der Waals surface area contributed by atoms with Crippen molar-refractivity contribution in [3.8, 4) is 0 Å². The molecule has 1 N–H and O–H groups in total. The maximum atomic E-state index is 3.21. The van der Waals surface area contributed by atoms with E-state index in [1.54, 1.807) is 0 Å². The second-order valence-corrected chi connectivity index (χ2v) is 4.39. The number of thioether (sulfide) groups is 2. The highest BCUT2D eigenvalue weighted by molar-refractivity contribution is 8.02. The summed E-state index contributed by atoms with van der Waals surface area (Å²) in [5.74, 6) is 3.80. The summed E-state index contributed by atoms with van der Waals surface area (Å²) < 4.78 is 0. The Hall–Kier alpha value is 0.660. The molecule has 0 aliphatic rings. The molecule has 1 unspecified atom stereocenters. The van der Waals surface area contributed by atoms with Gasteiger partial charge in [0.15, 0.2) is 0 Å². The summed E-state index contributed by atoms with van der Waals surface area (Å²) in [6.07, 6.45) is 2.15. The molecule has 0 fully saturated rings. The van der Waals surface area contributed by atoms with Crippen LogP contribution in [0.2, 0.25) is 0 Å². The van der Waals surface area contributed by atoms with E-state index in [1.807, 2.05) is 30.6 Å². The Kier molecular flexibility index (Phi) is 8.28. The maximum absolute atomic E-state index is 3.21. The first-order chi connectivity index (χ1) is 4.81. The molecule has 3 heteroatoms. The van der Waals surface area contributed by atoms with E-state index in [9.17, 15) is 0 Å². The average molecular weight is 179 g/mol. The van der Waals surface area contributed by atoms with Gasteiger partial charge in [-0.3, -0.25) is 0 Å². The van der Waals surface area contributed by atoms with E-state index in [2.05, 4.69) is 18.5 Å². The van der Waals surface area contributed by atoms with Gasteiger partial charge in [0.1, 0.15) is 0 Å². The monoisotopic (exact) mass is 179 g/mol. The number of hydrogen-bond donors (Lipinski definition) is 1. The van der Waals surface area contributed by atoms with Crippen molar-refractivity contribution >= 4 is 23.5 Å². The quantitative estimate of drug-likeness (QED) is 0.623. The lowest BCUT2D eigenvalue weighted by molar-refractivity contribution is 0.677. The molecule has 0 aromatic heterocycles. The van der Waals surface area contributed by atoms with Gasteiger partial charge < -0.3 is 5.32 Å². The van der Waals surface area contributed by atoms with Crippen LogP contribution in [0, 0.1) is 0 Å². The van der Waals surface area contributed by atoms with Gasteiger partial charge in [-0.25, -0.2) is 0 Å². The lowest BCUT2D eigenvalue weighted by Crippen LogP contribution is -2.23. The van der Waals surface area contributed by atoms with Gasteiger partial charge in [0, 0.05) is 23.3 Å². The van der Waals surface area contributed by atoms with Gasteiger partial charge in [0.25, 0.3) is 0 Å².